The molecular formula is C17H22ClN3O3. The number of anilines is 1. The molecule has 7 heteroatoms. The van der Waals surface area contributed by atoms with E-state index in [0.29, 0.717) is 42.6 Å². The molecule has 130 valence electrons. The number of hydrogen-bond acceptors (Lipinski definition) is 4. The summed E-state index contributed by atoms with van der Waals surface area (Å²) in [5.74, 6) is 0.518. The van der Waals surface area contributed by atoms with Crippen molar-refractivity contribution in [1.82, 2.24) is 10.2 Å². The number of hydrogen-bond donors (Lipinski definition) is 2. The minimum atomic E-state index is -0.112. The summed E-state index contributed by atoms with van der Waals surface area (Å²) in [6.07, 6.45) is 2.51. The number of ether oxygens (including phenoxy) is 1. The van der Waals surface area contributed by atoms with Gasteiger partial charge in [0.25, 0.3) is 5.91 Å². The Morgan fingerprint density at radius 3 is 2.67 bits per heavy atom. The van der Waals surface area contributed by atoms with E-state index in [9.17, 15) is 9.59 Å². The fourth-order valence-corrected chi connectivity index (χ4v) is 2.88. The Morgan fingerprint density at radius 1 is 1.25 bits per heavy atom. The Morgan fingerprint density at radius 2 is 2.00 bits per heavy atom. The highest BCUT2D eigenvalue weighted by molar-refractivity contribution is 6.34. The Bertz CT molecular complexity index is 613. The van der Waals surface area contributed by atoms with E-state index < -0.39 is 0 Å². The van der Waals surface area contributed by atoms with E-state index in [1.807, 2.05) is 0 Å². The molecule has 1 saturated heterocycles. The van der Waals surface area contributed by atoms with Gasteiger partial charge in [-0.05, 0) is 43.5 Å². The SMILES string of the molecule is O=C(CNCC1CC1)Nc1ccc(C(=O)N2CCOCC2)c(Cl)c1. The number of carbonyl (C=O) groups is 2. The highest BCUT2D eigenvalue weighted by Crippen LogP contribution is 2.27. The summed E-state index contributed by atoms with van der Waals surface area (Å²) in [5, 5.41) is 6.27. The largest absolute Gasteiger partial charge is 0.378 e. The van der Waals surface area contributed by atoms with Gasteiger partial charge in [0.1, 0.15) is 0 Å². The number of nitrogens with zero attached hydrogens (tertiary/aromatic N) is 1. The van der Waals surface area contributed by atoms with E-state index in [-0.39, 0.29) is 18.4 Å². The summed E-state index contributed by atoms with van der Waals surface area (Å²) in [5.41, 5.74) is 1.04. The molecule has 0 bridgehead atoms. The second-order valence-corrected chi connectivity index (χ2v) is 6.63. The van der Waals surface area contributed by atoms with Crippen molar-refractivity contribution in [2.24, 2.45) is 5.92 Å². The fraction of sp³-hybridized carbons (Fsp3) is 0.529. The molecule has 1 saturated carbocycles. The first kappa shape index (κ1) is 17.2. The van der Waals surface area contributed by atoms with Crippen LogP contribution in [0.4, 0.5) is 5.69 Å². The van der Waals surface area contributed by atoms with Crippen LogP contribution in [0.5, 0.6) is 0 Å². The maximum atomic E-state index is 12.5. The van der Waals surface area contributed by atoms with E-state index >= 15 is 0 Å². The van der Waals surface area contributed by atoms with Crippen LogP contribution in [0.3, 0.4) is 0 Å². The van der Waals surface area contributed by atoms with Crippen LogP contribution in [0.25, 0.3) is 0 Å². The van der Waals surface area contributed by atoms with E-state index in [2.05, 4.69) is 10.6 Å². The molecule has 3 rings (SSSR count). The molecule has 24 heavy (non-hydrogen) atoms. The molecule has 0 radical (unpaired) electrons. The summed E-state index contributed by atoms with van der Waals surface area (Å²) in [6, 6.07) is 4.99. The van der Waals surface area contributed by atoms with Gasteiger partial charge in [0, 0.05) is 18.8 Å². The third-order valence-corrected chi connectivity index (χ3v) is 4.51. The Labute approximate surface area is 146 Å². The predicted octanol–water partition coefficient (Wildman–Crippen LogP) is 1.75. The van der Waals surface area contributed by atoms with Crippen LogP contribution in [0.15, 0.2) is 18.2 Å². The van der Waals surface area contributed by atoms with Crippen molar-refractivity contribution in [2.75, 3.05) is 44.7 Å². The second-order valence-electron chi connectivity index (χ2n) is 6.22. The normalized spacial score (nSPS) is 17.6. The van der Waals surface area contributed by atoms with Gasteiger partial charge in [0.2, 0.25) is 5.91 Å². The molecule has 2 fully saturated rings. The predicted molar refractivity (Wildman–Crippen MR) is 92.4 cm³/mol. The van der Waals surface area contributed by atoms with Gasteiger partial charge in [-0.3, -0.25) is 9.59 Å². The average Bonchev–Trinajstić information content (AvgIpc) is 3.39. The van der Waals surface area contributed by atoms with Crippen molar-refractivity contribution in [3.05, 3.63) is 28.8 Å². The lowest BCUT2D eigenvalue weighted by Crippen LogP contribution is -2.40. The number of rotatable bonds is 6. The van der Waals surface area contributed by atoms with E-state index in [1.165, 1.54) is 12.8 Å². The van der Waals surface area contributed by atoms with Crippen LogP contribution < -0.4 is 10.6 Å². The summed E-state index contributed by atoms with van der Waals surface area (Å²) in [4.78, 5) is 26.1. The third kappa shape index (κ3) is 4.69. The van der Waals surface area contributed by atoms with Crippen LogP contribution in [0.2, 0.25) is 5.02 Å². The van der Waals surface area contributed by atoms with Gasteiger partial charge in [-0.2, -0.15) is 0 Å². The van der Waals surface area contributed by atoms with Gasteiger partial charge in [0.15, 0.2) is 0 Å². The standard InChI is InChI=1S/C17H22ClN3O3/c18-15-9-13(20-16(22)11-19-10-12-1-2-12)3-4-14(15)17(23)21-5-7-24-8-6-21/h3-4,9,12,19H,1-2,5-8,10-11H2,(H,20,22). The van der Waals surface area contributed by atoms with Gasteiger partial charge in [-0.1, -0.05) is 11.6 Å². The quantitative estimate of drug-likeness (QED) is 0.819. The summed E-state index contributed by atoms with van der Waals surface area (Å²) < 4.78 is 5.25. The van der Waals surface area contributed by atoms with E-state index in [4.69, 9.17) is 16.3 Å². The lowest BCUT2D eigenvalue weighted by molar-refractivity contribution is -0.115. The number of carbonyl (C=O) groups excluding carboxylic acids is 2. The molecule has 1 aliphatic carbocycles. The smallest absolute Gasteiger partial charge is 0.255 e. The summed E-state index contributed by atoms with van der Waals surface area (Å²) >= 11 is 6.24. The van der Waals surface area contributed by atoms with Crippen molar-refractivity contribution in [3.63, 3.8) is 0 Å². The number of morpholine rings is 1. The van der Waals surface area contributed by atoms with E-state index in [0.717, 1.165) is 12.5 Å². The van der Waals surface area contributed by atoms with Crippen LogP contribution in [-0.2, 0) is 9.53 Å². The topological polar surface area (TPSA) is 70.7 Å². The molecule has 1 aromatic rings. The summed E-state index contributed by atoms with van der Waals surface area (Å²) in [7, 11) is 0. The van der Waals surface area contributed by atoms with Crippen molar-refractivity contribution in [3.8, 4) is 0 Å². The molecule has 2 aliphatic rings. The lowest BCUT2D eigenvalue weighted by Gasteiger charge is -2.27. The number of amides is 2. The first-order valence-corrected chi connectivity index (χ1v) is 8.68. The highest BCUT2D eigenvalue weighted by atomic mass is 35.5. The monoisotopic (exact) mass is 351 g/mol. The molecule has 0 aromatic heterocycles. The maximum Gasteiger partial charge on any atom is 0.255 e. The maximum absolute atomic E-state index is 12.5. The number of nitrogens with one attached hydrogen (secondary N) is 2. The first-order chi connectivity index (χ1) is 11.6. The molecule has 2 amide bonds. The molecule has 0 spiro atoms. The van der Waals surface area contributed by atoms with Crippen LogP contribution in [0, 0.1) is 5.92 Å². The van der Waals surface area contributed by atoms with Crippen molar-refractivity contribution < 1.29 is 14.3 Å². The minimum Gasteiger partial charge on any atom is -0.378 e. The van der Waals surface area contributed by atoms with Gasteiger partial charge < -0.3 is 20.3 Å². The number of benzene rings is 1. The van der Waals surface area contributed by atoms with E-state index in [1.54, 1.807) is 23.1 Å². The van der Waals surface area contributed by atoms with Crippen molar-refractivity contribution in [2.45, 2.75) is 12.8 Å². The molecule has 0 unspecified atom stereocenters. The number of halogens is 1. The first-order valence-electron chi connectivity index (χ1n) is 8.30. The van der Waals surface area contributed by atoms with Crippen LogP contribution >= 0.6 is 11.6 Å². The van der Waals surface area contributed by atoms with Gasteiger partial charge in [0.05, 0.1) is 30.3 Å². The minimum absolute atomic E-state index is 0.104. The zero-order chi connectivity index (χ0) is 16.9. The Hall–Kier alpha value is -1.63. The molecule has 1 heterocycles. The molecular weight excluding hydrogens is 330 g/mol. The molecule has 1 aromatic carbocycles. The summed E-state index contributed by atoms with van der Waals surface area (Å²) in [6.45, 7) is 3.40. The second kappa shape index (κ2) is 7.96. The highest BCUT2D eigenvalue weighted by Gasteiger charge is 2.22. The zero-order valence-electron chi connectivity index (χ0n) is 13.5. The van der Waals surface area contributed by atoms with Crippen LogP contribution in [-0.4, -0.2) is 56.1 Å². The fourth-order valence-electron chi connectivity index (χ4n) is 2.62. The van der Waals surface area contributed by atoms with Gasteiger partial charge in [-0.25, -0.2) is 0 Å². The van der Waals surface area contributed by atoms with Crippen molar-refractivity contribution >= 4 is 29.1 Å². The van der Waals surface area contributed by atoms with Gasteiger partial charge >= 0.3 is 0 Å². The molecule has 0 atom stereocenters. The van der Waals surface area contributed by atoms with Crippen LogP contribution in [0.1, 0.15) is 23.2 Å². The molecule has 1 aliphatic heterocycles. The molecule has 2 N–H and O–H groups in total. The zero-order valence-corrected chi connectivity index (χ0v) is 14.3. The molecule has 6 nitrogen and oxygen atoms in total. The Balaban J connectivity index is 1.54. The van der Waals surface area contributed by atoms with Crippen molar-refractivity contribution in [1.29, 1.82) is 0 Å². The van der Waals surface area contributed by atoms with Gasteiger partial charge in [-0.15, -0.1) is 0 Å². The lowest BCUT2D eigenvalue weighted by atomic mass is 10.1. The third-order valence-electron chi connectivity index (χ3n) is 4.20. The Kier molecular flexibility index (Phi) is 5.71. The average molecular weight is 352 g/mol.